The number of aryl methyl sites for hydroxylation is 1. The lowest BCUT2D eigenvalue weighted by atomic mass is 10.1. The molecule has 0 fully saturated rings. The van der Waals surface area contributed by atoms with Gasteiger partial charge in [0.1, 0.15) is 5.75 Å². The molecule has 1 amide bonds. The van der Waals surface area contributed by atoms with Gasteiger partial charge >= 0.3 is 0 Å². The summed E-state index contributed by atoms with van der Waals surface area (Å²) < 4.78 is 0. The summed E-state index contributed by atoms with van der Waals surface area (Å²) in [4.78, 5) is 15.7. The standard InChI is InChI=1S/C21H18N2O2/c1-13-2-8-17-18-9-3-14(11-20(18)23-19(17)10-13)12-21(25)22-15-4-6-16(24)7-5-15/h2-11,23-24H,12H2,1H3,(H,22,25). The van der Waals surface area contributed by atoms with E-state index in [9.17, 15) is 9.90 Å². The molecule has 1 aromatic heterocycles. The number of phenolic OH excluding ortho intramolecular Hbond substituents is 1. The van der Waals surface area contributed by atoms with Crippen molar-refractivity contribution in [1.29, 1.82) is 0 Å². The van der Waals surface area contributed by atoms with Crippen molar-refractivity contribution in [3.63, 3.8) is 0 Å². The smallest absolute Gasteiger partial charge is 0.228 e. The molecular weight excluding hydrogens is 312 g/mol. The van der Waals surface area contributed by atoms with Crippen LogP contribution >= 0.6 is 0 Å². The second kappa shape index (κ2) is 5.98. The number of phenols is 1. The second-order valence-corrected chi connectivity index (χ2v) is 6.33. The first kappa shape index (κ1) is 15.3. The van der Waals surface area contributed by atoms with E-state index >= 15 is 0 Å². The molecule has 3 N–H and O–H groups in total. The van der Waals surface area contributed by atoms with Crippen LogP contribution in [-0.4, -0.2) is 16.0 Å². The first-order valence-corrected chi connectivity index (χ1v) is 8.18. The Balaban J connectivity index is 1.57. The van der Waals surface area contributed by atoms with Gasteiger partial charge in [-0.05, 0) is 54.4 Å². The number of nitrogens with one attached hydrogen (secondary N) is 2. The van der Waals surface area contributed by atoms with Gasteiger partial charge in [-0.15, -0.1) is 0 Å². The third-order valence-corrected chi connectivity index (χ3v) is 4.33. The molecule has 124 valence electrons. The Morgan fingerprint density at radius 1 is 0.960 bits per heavy atom. The fourth-order valence-corrected chi connectivity index (χ4v) is 3.12. The van der Waals surface area contributed by atoms with Crippen LogP contribution in [0.15, 0.2) is 60.7 Å². The highest BCUT2D eigenvalue weighted by atomic mass is 16.3. The molecule has 1 heterocycles. The lowest BCUT2D eigenvalue weighted by Gasteiger charge is -2.05. The van der Waals surface area contributed by atoms with Crippen LogP contribution in [0.2, 0.25) is 0 Å². The highest BCUT2D eigenvalue weighted by Gasteiger charge is 2.08. The quantitative estimate of drug-likeness (QED) is 0.484. The number of amides is 1. The number of carbonyl (C=O) groups is 1. The fraction of sp³-hybridized carbons (Fsp3) is 0.0952. The molecule has 4 heteroatoms. The van der Waals surface area contributed by atoms with Crippen LogP contribution in [0.4, 0.5) is 5.69 Å². The van der Waals surface area contributed by atoms with Crippen molar-refractivity contribution < 1.29 is 9.90 Å². The number of aromatic nitrogens is 1. The van der Waals surface area contributed by atoms with Gasteiger partial charge < -0.3 is 15.4 Å². The van der Waals surface area contributed by atoms with Crippen molar-refractivity contribution >= 4 is 33.4 Å². The summed E-state index contributed by atoms with van der Waals surface area (Å²) in [5, 5.41) is 14.5. The largest absolute Gasteiger partial charge is 0.508 e. The minimum Gasteiger partial charge on any atom is -0.508 e. The lowest BCUT2D eigenvalue weighted by molar-refractivity contribution is -0.115. The van der Waals surface area contributed by atoms with Crippen LogP contribution in [0.3, 0.4) is 0 Å². The Labute approximate surface area is 145 Å². The summed E-state index contributed by atoms with van der Waals surface area (Å²) >= 11 is 0. The number of carbonyl (C=O) groups excluding carboxylic acids is 1. The minimum atomic E-state index is -0.0861. The number of hydrogen-bond donors (Lipinski definition) is 3. The van der Waals surface area contributed by atoms with Gasteiger partial charge in [0.2, 0.25) is 5.91 Å². The van der Waals surface area contributed by atoms with Gasteiger partial charge in [0, 0.05) is 27.5 Å². The van der Waals surface area contributed by atoms with Crippen molar-refractivity contribution in [2.45, 2.75) is 13.3 Å². The number of aromatic hydroxyl groups is 1. The molecule has 0 saturated carbocycles. The molecule has 0 saturated heterocycles. The minimum absolute atomic E-state index is 0.0861. The number of anilines is 1. The molecule has 0 aliphatic heterocycles. The van der Waals surface area contributed by atoms with Crippen molar-refractivity contribution in [1.82, 2.24) is 4.98 Å². The number of rotatable bonds is 3. The van der Waals surface area contributed by atoms with Gasteiger partial charge in [0.05, 0.1) is 6.42 Å². The van der Waals surface area contributed by atoms with Crippen LogP contribution in [0.25, 0.3) is 21.8 Å². The number of fused-ring (bicyclic) bond motifs is 3. The Morgan fingerprint density at radius 3 is 2.40 bits per heavy atom. The fourth-order valence-electron chi connectivity index (χ4n) is 3.12. The van der Waals surface area contributed by atoms with E-state index < -0.39 is 0 Å². The number of hydrogen-bond acceptors (Lipinski definition) is 2. The predicted octanol–water partition coefficient (Wildman–Crippen LogP) is 4.52. The molecule has 0 spiro atoms. The van der Waals surface area contributed by atoms with E-state index in [1.807, 2.05) is 12.1 Å². The summed E-state index contributed by atoms with van der Waals surface area (Å²) in [5.41, 5.74) is 4.99. The third-order valence-electron chi connectivity index (χ3n) is 4.33. The van der Waals surface area contributed by atoms with Crippen LogP contribution < -0.4 is 5.32 Å². The first-order chi connectivity index (χ1) is 12.1. The topological polar surface area (TPSA) is 65.1 Å². The number of aromatic amines is 1. The SMILES string of the molecule is Cc1ccc2c(c1)[nH]c1cc(CC(=O)Nc3ccc(O)cc3)ccc12. The van der Waals surface area contributed by atoms with Crippen LogP contribution in [0, 0.1) is 6.92 Å². The molecule has 0 unspecified atom stereocenters. The van der Waals surface area contributed by atoms with E-state index in [0.29, 0.717) is 12.1 Å². The van der Waals surface area contributed by atoms with Crippen LogP contribution in [0.1, 0.15) is 11.1 Å². The molecule has 3 aromatic carbocycles. The molecule has 0 bridgehead atoms. The van der Waals surface area contributed by atoms with Crippen molar-refractivity contribution in [3.05, 3.63) is 71.8 Å². The van der Waals surface area contributed by atoms with E-state index in [2.05, 4.69) is 41.5 Å². The second-order valence-electron chi connectivity index (χ2n) is 6.33. The van der Waals surface area contributed by atoms with Gasteiger partial charge in [-0.25, -0.2) is 0 Å². The number of H-pyrrole nitrogens is 1. The average Bonchev–Trinajstić information content (AvgIpc) is 2.93. The van der Waals surface area contributed by atoms with E-state index in [1.54, 1.807) is 24.3 Å². The summed E-state index contributed by atoms with van der Waals surface area (Å²) in [6.07, 6.45) is 0.297. The number of benzene rings is 3. The van der Waals surface area contributed by atoms with E-state index in [0.717, 1.165) is 22.0 Å². The normalized spacial score (nSPS) is 11.1. The van der Waals surface area contributed by atoms with Gasteiger partial charge in [0.15, 0.2) is 0 Å². The maximum absolute atomic E-state index is 12.2. The summed E-state index contributed by atoms with van der Waals surface area (Å²) in [6.45, 7) is 2.07. The molecule has 0 atom stereocenters. The van der Waals surface area contributed by atoms with Crippen molar-refractivity contribution in [2.75, 3.05) is 5.32 Å². The van der Waals surface area contributed by atoms with Crippen LogP contribution in [0.5, 0.6) is 5.75 Å². The molecule has 4 aromatic rings. The summed E-state index contributed by atoms with van der Waals surface area (Å²) in [6, 6.07) is 18.9. The van der Waals surface area contributed by atoms with Crippen LogP contribution in [-0.2, 0) is 11.2 Å². The molecule has 4 nitrogen and oxygen atoms in total. The Hall–Kier alpha value is -3.27. The molecule has 0 radical (unpaired) electrons. The molecule has 0 aliphatic carbocycles. The highest BCUT2D eigenvalue weighted by molar-refractivity contribution is 6.07. The van der Waals surface area contributed by atoms with Crippen molar-refractivity contribution in [3.8, 4) is 5.75 Å². The molecular formula is C21H18N2O2. The van der Waals surface area contributed by atoms with E-state index in [-0.39, 0.29) is 11.7 Å². The zero-order chi connectivity index (χ0) is 17.4. The lowest BCUT2D eigenvalue weighted by Crippen LogP contribution is -2.14. The van der Waals surface area contributed by atoms with E-state index in [4.69, 9.17) is 0 Å². The predicted molar refractivity (Wildman–Crippen MR) is 101 cm³/mol. The maximum atomic E-state index is 12.2. The Bertz CT molecular complexity index is 1080. The highest BCUT2D eigenvalue weighted by Crippen LogP contribution is 2.27. The Morgan fingerprint density at radius 2 is 1.64 bits per heavy atom. The molecule has 0 aliphatic rings. The van der Waals surface area contributed by atoms with Crippen molar-refractivity contribution in [2.24, 2.45) is 0 Å². The molecule has 4 rings (SSSR count). The average molecular weight is 330 g/mol. The summed E-state index contributed by atoms with van der Waals surface area (Å²) in [5.74, 6) is 0.0921. The monoisotopic (exact) mass is 330 g/mol. The van der Waals surface area contributed by atoms with Gasteiger partial charge in [-0.1, -0.05) is 24.3 Å². The van der Waals surface area contributed by atoms with Gasteiger partial charge in [-0.2, -0.15) is 0 Å². The Kier molecular flexibility index (Phi) is 3.65. The van der Waals surface area contributed by atoms with Gasteiger partial charge in [0.25, 0.3) is 0 Å². The summed E-state index contributed by atoms with van der Waals surface area (Å²) in [7, 11) is 0. The maximum Gasteiger partial charge on any atom is 0.228 e. The first-order valence-electron chi connectivity index (χ1n) is 8.18. The zero-order valence-corrected chi connectivity index (χ0v) is 13.8. The van der Waals surface area contributed by atoms with E-state index in [1.165, 1.54) is 10.9 Å². The third kappa shape index (κ3) is 3.06. The molecule has 25 heavy (non-hydrogen) atoms. The zero-order valence-electron chi connectivity index (χ0n) is 13.8. The van der Waals surface area contributed by atoms with Gasteiger partial charge in [-0.3, -0.25) is 4.79 Å².